The first-order valence-electron chi connectivity index (χ1n) is 4.46. The highest BCUT2D eigenvalue weighted by Crippen LogP contribution is 2.05. The van der Waals surface area contributed by atoms with Crippen LogP contribution in [-0.4, -0.2) is 23.7 Å². The number of aromatic nitrogens is 1. The minimum absolute atomic E-state index is 0.0877. The van der Waals surface area contributed by atoms with Crippen LogP contribution >= 0.6 is 0 Å². The molecule has 1 amide bonds. The molecule has 0 saturated heterocycles. The molecule has 0 unspecified atom stereocenters. The summed E-state index contributed by atoms with van der Waals surface area (Å²) in [7, 11) is 0. The summed E-state index contributed by atoms with van der Waals surface area (Å²) in [5, 5.41) is 0. The monoisotopic (exact) mass is 208 g/mol. The van der Waals surface area contributed by atoms with E-state index in [1.807, 2.05) is 0 Å². The third-order valence-corrected chi connectivity index (χ3v) is 1.86. The number of rotatable bonds is 4. The zero-order valence-corrected chi connectivity index (χ0v) is 8.61. The molecule has 1 rings (SSSR count). The Bertz CT molecular complexity index is 437. The van der Waals surface area contributed by atoms with Crippen molar-refractivity contribution in [2.75, 3.05) is 11.4 Å². The van der Waals surface area contributed by atoms with E-state index in [-0.39, 0.29) is 23.6 Å². The van der Waals surface area contributed by atoms with Gasteiger partial charge in [-0.2, -0.15) is 0 Å². The predicted molar refractivity (Wildman–Crippen MR) is 55.9 cm³/mol. The number of nitrogens with zero attached hydrogens (tertiary/aromatic N) is 1. The molecule has 0 aromatic carbocycles. The number of carbonyl (C=O) groups excluding carboxylic acids is 2. The number of H-pyrrole nitrogens is 1. The molecule has 0 spiro atoms. The number of ketones is 1. The quantitative estimate of drug-likeness (QED) is 0.720. The van der Waals surface area contributed by atoms with Crippen LogP contribution in [0.25, 0.3) is 0 Å². The molecule has 0 aliphatic heterocycles. The number of aromatic amines is 1. The number of hydrogen-bond donors (Lipinski definition) is 1. The van der Waals surface area contributed by atoms with Gasteiger partial charge in [0.1, 0.15) is 11.5 Å². The fraction of sp³-hybridized carbons (Fsp3) is 0.300. The Morgan fingerprint density at radius 1 is 1.53 bits per heavy atom. The van der Waals surface area contributed by atoms with E-state index >= 15 is 0 Å². The molecular formula is C10H12N2O3. The average Bonchev–Trinajstić information content (AvgIpc) is 2.14. The molecule has 0 fully saturated rings. The maximum absolute atomic E-state index is 11.5. The number of amides is 1. The molecule has 15 heavy (non-hydrogen) atoms. The van der Waals surface area contributed by atoms with Crippen molar-refractivity contribution in [2.24, 2.45) is 0 Å². The zero-order valence-electron chi connectivity index (χ0n) is 8.61. The second-order valence-corrected chi connectivity index (χ2v) is 3.29. The molecule has 0 aliphatic carbocycles. The average molecular weight is 208 g/mol. The van der Waals surface area contributed by atoms with E-state index < -0.39 is 0 Å². The van der Waals surface area contributed by atoms with Crippen molar-refractivity contribution in [2.45, 2.75) is 13.8 Å². The van der Waals surface area contributed by atoms with E-state index in [0.717, 1.165) is 4.90 Å². The second kappa shape index (κ2) is 4.54. The van der Waals surface area contributed by atoms with Crippen LogP contribution in [0.1, 0.15) is 12.6 Å². The number of nitrogens with one attached hydrogen (secondary N) is 1. The molecule has 80 valence electrons. The van der Waals surface area contributed by atoms with E-state index in [0.29, 0.717) is 12.1 Å². The molecule has 0 radical (unpaired) electrons. The van der Waals surface area contributed by atoms with Gasteiger partial charge in [-0.3, -0.25) is 14.4 Å². The summed E-state index contributed by atoms with van der Waals surface area (Å²) in [6.45, 7) is 3.01. The maximum atomic E-state index is 11.5. The standard InChI is InChI=1S/C10H12N2O3/c1-7-3-4-9(10(15)11-7)12(6-13)5-8(2)14/h3-4,6H,5H2,1-2H3,(H,11,15). The highest BCUT2D eigenvalue weighted by molar-refractivity contribution is 5.88. The number of hydrogen-bond acceptors (Lipinski definition) is 3. The molecule has 0 aliphatic rings. The van der Waals surface area contributed by atoms with Crippen molar-refractivity contribution >= 4 is 17.9 Å². The second-order valence-electron chi connectivity index (χ2n) is 3.29. The summed E-state index contributed by atoms with van der Waals surface area (Å²) in [6, 6.07) is 3.19. The first-order chi connectivity index (χ1) is 7.04. The van der Waals surface area contributed by atoms with Gasteiger partial charge in [-0.05, 0) is 26.0 Å². The summed E-state index contributed by atoms with van der Waals surface area (Å²) in [6.07, 6.45) is 0.474. The summed E-state index contributed by atoms with van der Waals surface area (Å²) >= 11 is 0. The summed E-state index contributed by atoms with van der Waals surface area (Å²) in [4.78, 5) is 36.6. The maximum Gasteiger partial charge on any atom is 0.272 e. The first kappa shape index (κ1) is 11.2. The van der Waals surface area contributed by atoms with Gasteiger partial charge in [0, 0.05) is 5.69 Å². The molecule has 1 heterocycles. The van der Waals surface area contributed by atoms with Gasteiger partial charge in [-0.15, -0.1) is 0 Å². The minimum Gasteiger partial charge on any atom is -0.325 e. The first-order valence-corrected chi connectivity index (χ1v) is 4.46. The van der Waals surface area contributed by atoms with Crippen molar-refractivity contribution in [1.82, 2.24) is 4.98 Å². The van der Waals surface area contributed by atoms with Gasteiger partial charge in [-0.1, -0.05) is 0 Å². The van der Waals surface area contributed by atoms with Gasteiger partial charge >= 0.3 is 0 Å². The number of pyridine rings is 1. The topological polar surface area (TPSA) is 70.2 Å². The fourth-order valence-corrected chi connectivity index (χ4v) is 1.21. The zero-order chi connectivity index (χ0) is 11.4. The Morgan fingerprint density at radius 3 is 2.67 bits per heavy atom. The van der Waals surface area contributed by atoms with Gasteiger partial charge < -0.3 is 9.88 Å². The Morgan fingerprint density at radius 2 is 2.20 bits per heavy atom. The van der Waals surface area contributed by atoms with Gasteiger partial charge in [0.15, 0.2) is 0 Å². The number of carbonyl (C=O) groups is 2. The van der Waals surface area contributed by atoms with Crippen molar-refractivity contribution in [3.05, 3.63) is 28.2 Å². The molecule has 0 atom stereocenters. The Kier molecular flexibility index (Phi) is 3.38. The van der Waals surface area contributed by atoms with Crippen LogP contribution in [0.3, 0.4) is 0 Å². The summed E-state index contributed by atoms with van der Waals surface area (Å²) < 4.78 is 0. The van der Waals surface area contributed by atoms with Gasteiger partial charge in [0.05, 0.1) is 6.54 Å². The van der Waals surface area contributed by atoms with Crippen LogP contribution in [0.4, 0.5) is 5.69 Å². The largest absolute Gasteiger partial charge is 0.325 e. The molecular weight excluding hydrogens is 196 g/mol. The summed E-state index contributed by atoms with van der Waals surface area (Å²) in [5.74, 6) is -0.179. The molecule has 5 nitrogen and oxygen atoms in total. The van der Waals surface area contributed by atoms with E-state index in [2.05, 4.69) is 4.98 Å². The van der Waals surface area contributed by atoms with Crippen LogP contribution in [0, 0.1) is 6.92 Å². The van der Waals surface area contributed by atoms with Gasteiger partial charge in [0.2, 0.25) is 6.41 Å². The number of anilines is 1. The minimum atomic E-state index is -0.372. The predicted octanol–water partition coefficient (Wildman–Crippen LogP) is 0.235. The lowest BCUT2D eigenvalue weighted by atomic mass is 10.3. The Hall–Kier alpha value is -1.91. The van der Waals surface area contributed by atoms with Gasteiger partial charge in [0.25, 0.3) is 5.56 Å². The molecule has 1 aromatic heterocycles. The molecule has 1 aromatic rings. The summed E-state index contributed by atoms with van der Waals surface area (Å²) in [5.41, 5.74) is 0.520. The van der Waals surface area contributed by atoms with E-state index in [1.54, 1.807) is 13.0 Å². The van der Waals surface area contributed by atoms with Crippen LogP contribution in [0.15, 0.2) is 16.9 Å². The molecule has 0 bridgehead atoms. The Balaban J connectivity index is 3.07. The van der Waals surface area contributed by atoms with E-state index in [1.165, 1.54) is 13.0 Å². The molecule has 0 saturated carbocycles. The van der Waals surface area contributed by atoms with Gasteiger partial charge in [-0.25, -0.2) is 0 Å². The smallest absolute Gasteiger partial charge is 0.272 e. The number of aryl methyl sites for hydroxylation is 1. The highest BCUT2D eigenvalue weighted by Gasteiger charge is 2.10. The molecule has 1 N–H and O–H groups in total. The van der Waals surface area contributed by atoms with Crippen LogP contribution in [-0.2, 0) is 9.59 Å². The lowest BCUT2D eigenvalue weighted by Gasteiger charge is -2.14. The third-order valence-electron chi connectivity index (χ3n) is 1.86. The third kappa shape index (κ3) is 2.77. The SMILES string of the molecule is CC(=O)CN(C=O)c1ccc(C)[nH]c1=O. The van der Waals surface area contributed by atoms with Crippen molar-refractivity contribution in [3.8, 4) is 0 Å². The van der Waals surface area contributed by atoms with E-state index in [9.17, 15) is 14.4 Å². The van der Waals surface area contributed by atoms with Crippen molar-refractivity contribution in [3.63, 3.8) is 0 Å². The Labute approximate surface area is 86.7 Å². The lowest BCUT2D eigenvalue weighted by molar-refractivity contribution is -0.117. The van der Waals surface area contributed by atoms with Crippen molar-refractivity contribution in [1.29, 1.82) is 0 Å². The molecule has 5 heteroatoms. The number of Topliss-reactive ketones (excluding diaryl/α,β-unsaturated/α-hetero) is 1. The lowest BCUT2D eigenvalue weighted by Crippen LogP contribution is -2.31. The van der Waals surface area contributed by atoms with Crippen LogP contribution in [0.5, 0.6) is 0 Å². The normalized spacial score (nSPS) is 9.73. The van der Waals surface area contributed by atoms with Crippen LogP contribution in [0.2, 0.25) is 0 Å². The van der Waals surface area contributed by atoms with E-state index in [4.69, 9.17) is 0 Å². The highest BCUT2D eigenvalue weighted by atomic mass is 16.2. The van der Waals surface area contributed by atoms with Crippen molar-refractivity contribution < 1.29 is 9.59 Å². The van der Waals surface area contributed by atoms with Crippen LogP contribution < -0.4 is 10.5 Å². The fourth-order valence-electron chi connectivity index (χ4n) is 1.21.